The van der Waals surface area contributed by atoms with Gasteiger partial charge in [-0.15, -0.1) is 0 Å². The van der Waals surface area contributed by atoms with E-state index in [4.69, 9.17) is 18.8 Å². The Bertz CT molecular complexity index is 605. The maximum Gasteiger partial charge on any atom is 0.461 e. The molecular weight excluding hydrogens is 303 g/mol. The maximum absolute atomic E-state index is 6.34. The molecule has 3 aliphatic rings. The van der Waals surface area contributed by atoms with Gasteiger partial charge in [-0.25, -0.2) is 0 Å². The van der Waals surface area contributed by atoms with Gasteiger partial charge in [0.25, 0.3) is 0 Å². The molecule has 2 atom stereocenters. The quantitative estimate of drug-likeness (QED) is 0.793. The predicted octanol–water partition coefficient (Wildman–Crippen LogP) is 3.66. The van der Waals surface area contributed by atoms with Crippen LogP contribution in [0.25, 0.3) is 0 Å². The second-order valence-electron chi connectivity index (χ2n) is 8.60. The number of hydrogen-bond donors (Lipinski definition) is 0. The van der Waals surface area contributed by atoms with Crippen molar-refractivity contribution in [1.29, 1.82) is 0 Å². The Morgan fingerprint density at radius 2 is 1.58 bits per heavy atom. The fourth-order valence-electron chi connectivity index (χ4n) is 4.40. The Balaban J connectivity index is 1.60. The van der Waals surface area contributed by atoms with Crippen molar-refractivity contribution >= 4 is 7.12 Å². The van der Waals surface area contributed by atoms with E-state index in [1.807, 2.05) is 12.1 Å². The van der Waals surface area contributed by atoms with Gasteiger partial charge in [-0.2, -0.15) is 0 Å². The molecule has 0 bridgehead atoms. The van der Waals surface area contributed by atoms with E-state index in [9.17, 15) is 0 Å². The van der Waals surface area contributed by atoms with Crippen LogP contribution < -0.4 is 4.74 Å². The molecule has 0 radical (unpaired) electrons. The molecular formula is C19H27BO4. The highest BCUT2D eigenvalue weighted by atomic mass is 16.7. The van der Waals surface area contributed by atoms with Crippen molar-refractivity contribution in [1.82, 2.24) is 0 Å². The maximum atomic E-state index is 6.34. The first-order chi connectivity index (χ1) is 11.3. The van der Waals surface area contributed by atoms with Crippen LogP contribution in [0, 0.1) is 5.41 Å². The van der Waals surface area contributed by atoms with Gasteiger partial charge in [0.05, 0.1) is 31.5 Å². The Labute approximate surface area is 145 Å². The summed E-state index contributed by atoms with van der Waals surface area (Å²) in [5.74, 6) is 1.69. The van der Waals surface area contributed by atoms with E-state index in [0.717, 1.165) is 25.4 Å². The van der Waals surface area contributed by atoms with Crippen LogP contribution in [0.5, 0.6) is 5.75 Å². The third-order valence-electron chi connectivity index (χ3n) is 6.61. The van der Waals surface area contributed by atoms with Crippen molar-refractivity contribution in [3.63, 3.8) is 0 Å². The molecule has 2 aliphatic heterocycles. The van der Waals surface area contributed by atoms with Gasteiger partial charge in [0.1, 0.15) is 5.75 Å². The Hall–Kier alpha value is -1.04. The zero-order chi connectivity index (χ0) is 17.2. The van der Waals surface area contributed by atoms with Gasteiger partial charge in [0.2, 0.25) is 0 Å². The first-order valence-electron chi connectivity index (χ1n) is 8.85. The first kappa shape index (κ1) is 16.4. The Kier molecular flexibility index (Phi) is 3.58. The lowest BCUT2D eigenvalue weighted by Crippen LogP contribution is -2.59. The predicted molar refractivity (Wildman–Crippen MR) is 93.4 cm³/mol. The molecule has 5 heteroatoms. The zero-order valence-electron chi connectivity index (χ0n) is 15.3. The van der Waals surface area contributed by atoms with Crippen molar-refractivity contribution in [3.8, 4) is 5.75 Å². The second kappa shape index (κ2) is 5.23. The number of ether oxygens (including phenoxy) is 2. The van der Waals surface area contributed by atoms with Crippen molar-refractivity contribution in [3.05, 3.63) is 29.8 Å². The monoisotopic (exact) mass is 330 g/mol. The van der Waals surface area contributed by atoms with Gasteiger partial charge in [-0.3, -0.25) is 0 Å². The van der Waals surface area contributed by atoms with Gasteiger partial charge in [-0.1, -0.05) is 12.1 Å². The molecule has 1 aliphatic carbocycles. The molecule has 1 aromatic rings. The summed E-state index contributed by atoms with van der Waals surface area (Å²) in [6.45, 7) is 10.2. The first-order valence-corrected chi connectivity index (χ1v) is 8.85. The molecule has 1 spiro atoms. The minimum absolute atomic E-state index is 0.145. The summed E-state index contributed by atoms with van der Waals surface area (Å²) < 4.78 is 23.5. The molecule has 0 aromatic heterocycles. The van der Waals surface area contributed by atoms with Gasteiger partial charge in [0, 0.05) is 11.2 Å². The molecule has 4 nitrogen and oxygen atoms in total. The van der Waals surface area contributed by atoms with Crippen LogP contribution >= 0.6 is 0 Å². The highest BCUT2D eigenvalue weighted by Crippen LogP contribution is 2.66. The lowest BCUT2D eigenvalue weighted by atomic mass is 9.41. The van der Waals surface area contributed by atoms with Crippen LogP contribution in [0.3, 0.4) is 0 Å². The molecule has 2 saturated heterocycles. The van der Waals surface area contributed by atoms with Gasteiger partial charge < -0.3 is 18.8 Å². The van der Waals surface area contributed by atoms with Crippen molar-refractivity contribution in [2.75, 3.05) is 20.3 Å². The fraction of sp³-hybridized carbons (Fsp3) is 0.684. The molecule has 24 heavy (non-hydrogen) atoms. The SMILES string of the molecule is COc1ccc(C2C(B3OC(C)(C)C(C)(C)O3)CC23COC3)cc1. The molecule has 0 N–H and O–H groups in total. The van der Waals surface area contributed by atoms with Gasteiger partial charge in [-0.05, 0) is 57.7 Å². The van der Waals surface area contributed by atoms with E-state index >= 15 is 0 Å². The minimum Gasteiger partial charge on any atom is -0.497 e. The van der Waals surface area contributed by atoms with Crippen LogP contribution in [0.2, 0.25) is 5.82 Å². The summed E-state index contributed by atoms with van der Waals surface area (Å²) >= 11 is 0. The topological polar surface area (TPSA) is 36.9 Å². The number of benzene rings is 1. The average Bonchev–Trinajstić information content (AvgIpc) is 2.65. The molecule has 3 fully saturated rings. The van der Waals surface area contributed by atoms with Crippen LogP contribution in [0.4, 0.5) is 0 Å². The summed E-state index contributed by atoms with van der Waals surface area (Å²) in [6.07, 6.45) is 1.11. The molecule has 130 valence electrons. The molecule has 4 rings (SSSR count). The zero-order valence-corrected chi connectivity index (χ0v) is 15.3. The largest absolute Gasteiger partial charge is 0.497 e. The number of methoxy groups -OCH3 is 1. The minimum atomic E-state index is -0.277. The normalized spacial score (nSPS) is 32.3. The van der Waals surface area contributed by atoms with E-state index < -0.39 is 0 Å². The molecule has 2 heterocycles. The third-order valence-corrected chi connectivity index (χ3v) is 6.61. The summed E-state index contributed by atoms with van der Waals surface area (Å²) in [6, 6.07) is 8.45. The van der Waals surface area contributed by atoms with E-state index in [1.54, 1.807) is 7.11 Å². The molecule has 0 amide bonds. The van der Waals surface area contributed by atoms with E-state index in [-0.39, 0.29) is 23.7 Å². The van der Waals surface area contributed by atoms with E-state index in [1.165, 1.54) is 5.56 Å². The Morgan fingerprint density at radius 1 is 1.00 bits per heavy atom. The summed E-state index contributed by atoms with van der Waals surface area (Å²) in [7, 11) is 1.56. The summed E-state index contributed by atoms with van der Waals surface area (Å²) in [5.41, 5.74) is 1.05. The number of hydrogen-bond acceptors (Lipinski definition) is 4. The van der Waals surface area contributed by atoms with Gasteiger partial charge >= 0.3 is 7.12 Å². The lowest BCUT2D eigenvalue weighted by Gasteiger charge is -2.60. The standard InChI is InChI=1S/C19H27BO4/c1-17(2)18(3,4)24-20(23-17)15-10-19(11-22-12-19)16(15)13-6-8-14(21-5)9-7-13/h6-9,15-16H,10-12H2,1-5H3. The van der Waals surface area contributed by atoms with Crippen LogP contribution in [-0.4, -0.2) is 38.6 Å². The van der Waals surface area contributed by atoms with Crippen LogP contribution in [0.1, 0.15) is 45.6 Å². The lowest BCUT2D eigenvalue weighted by molar-refractivity contribution is -0.174. The fourth-order valence-corrected chi connectivity index (χ4v) is 4.40. The summed E-state index contributed by atoms with van der Waals surface area (Å²) in [5, 5.41) is 0. The van der Waals surface area contributed by atoms with Crippen molar-refractivity contribution in [2.45, 2.75) is 57.1 Å². The van der Waals surface area contributed by atoms with Gasteiger partial charge in [0.15, 0.2) is 0 Å². The third kappa shape index (κ3) is 2.25. The summed E-state index contributed by atoms with van der Waals surface area (Å²) in [4.78, 5) is 0. The average molecular weight is 330 g/mol. The Morgan fingerprint density at radius 3 is 2.04 bits per heavy atom. The highest BCUT2D eigenvalue weighted by Gasteiger charge is 2.66. The molecule has 1 aromatic carbocycles. The van der Waals surface area contributed by atoms with E-state index in [2.05, 4.69) is 39.8 Å². The van der Waals surface area contributed by atoms with Crippen LogP contribution in [-0.2, 0) is 14.0 Å². The van der Waals surface area contributed by atoms with Crippen molar-refractivity contribution < 1.29 is 18.8 Å². The molecule has 2 unspecified atom stereocenters. The van der Waals surface area contributed by atoms with Crippen LogP contribution in [0.15, 0.2) is 24.3 Å². The second-order valence-corrected chi connectivity index (χ2v) is 8.60. The van der Waals surface area contributed by atoms with Crippen molar-refractivity contribution in [2.24, 2.45) is 5.41 Å². The highest BCUT2D eigenvalue weighted by molar-refractivity contribution is 6.48. The molecule has 1 saturated carbocycles. The smallest absolute Gasteiger partial charge is 0.461 e. The van der Waals surface area contributed by atoms with E-state index in [0.29, 0.717) is 11.7 Å². The number of rotatable bonds is 3.